The molecule has 1 aliphatic carbocycles. The SMILES string of the molecule is CC1C(C(C)(C)C)CC(CC(C)(C)C)[C@H]1C. The summed E-state index contributed by atoms with van der Waals surface area (Å²) in [6.07, 6.45) is 2.84. The highest BCUT2D eigenvalue weighted by molar-refractivity contribution is 4.93. The van der Waals surface area contributed by atoms with Crippen LogP contribution < -0.4 is 0 Å². The van der Waals surface area contributed by atoms with Crippen molar-refractivity contribution in [2.45, 2.75) is 68.2 Å². The Bertz CT molecular complexity index is 225. The molecule has 0 bridgehead atoms. The Kier molecular flexibility index (Phi) is 3.82. The smallest absolute Gasteiger partial charge is 0.0334 e. The van der Waals surface area contributed by atoms with E-state index < -0.39 is 0 Å². The molecule has 0 aliphatic heterocycles. The molecule has 0 saturated heterocycles. The maximum Gasteiger partial charge on any atom is -0.0334 e. The molecule has 0 heterocycles. The van der Waals surface area contributed by atoms with E-state index in [1.54, 1.807) is 0 Å². The van der Waals surface area contributed by atoms with Crippen molar-refractivity contribution in [3.8, 4) is 0 Å². The summed E-state index contributed by atoms with van der Waals surface area (Å²) in [5, 5.41) is 0. The van der Waals surface area contributed by atoms with E-state index in [-0.39, 0.29) is 0 Å². The highest BCUT2D eigenvalue weighted by Crippen LogP contribution is 2.51. The maximum absolute atomic E-state index is 2.48. The van der Waals surface area contributed by atoms with Gasteiger partial charge in [0.2, 0.25) is 0 Å². The van der Waals surface area contributed by atoms with Gasteiger partial charge < -0.3 is 0 Å². The van der Waals surface area contributed by atoms with E-state index in [0.29, 0.717) is 10.8 Å². The van der Waals surface area contributed by atoms with Crippen LogP contribution in [0.25, 0.3) is 0 Å². The second-order valence-corrected chi connectivity index (χ2v) is 8.45. The van der Waals surface area contributed by atoms with Crippen molar-refractivity contribution in [1.29, 1.82) is 0 Å². The van der Waals surface area contributed by atoms with Gasteiger partial charge in [0.05, 0.1) is 0 Å². The van der Waals surface area contributed by atoms with E-state index in [1.807, 2.05) is 0 Å². The van der Waals surface area contributed by atoms with Crippen molar-refractivity contribution in [3.63, 3.8) is 0 Å². The van der Waals surface area contributed by atoms with Gasteiger partial charge in [-0.15, -0.1) is 0 Å². The van der Waals surface area contributed by atoms with Crippen LogP contribution in [0.15, 0.2) is 0 Å². The average molecular weight is 224 g/mol. The first-order chi connectivity index (χ1) is 7.02. The third kappa shape index (κ3) is 3.25. The molecule has 0 nitrogen and oxygen atoms in total. The molecular formula is C16H32. The van der Waals surface area contributed by atoms with Crippen LogP contribution in [0, 0.1) is 34.5 Å². The largest absolute Gasteiger partial charge is 0.0620 e. The highest BCUT2D eigenvalue weighted by Gasteiger charge is 2.43. The topological polar surface area (TPSA) is 0 Å². The zero-order chi connectivity index (χ0) is 12.7. The van der Waals surface area contributed by atoms with Crippen molar-refractivity contribution < 1.29 is 0 Å². The predicted octanol–water partition coefficient (Wildman–Crippen LogP) is 5.38. The molecule has 0 aromatic heterocycles. The van der Waals surface area contributed by atoms with Gasteiger partial charge in [-0.1, -0.05) is 55.4 Å². The summed E-state index contributed by atoms with van der Waals surface area (Å²) in [6.45, 7) is 19.4. The average Bonchev–Trinajstić information content (AvgIpc) is 2.28. The fraction of sp³-hybridized carbons (Fsp3) is 1.00. The molecular weight excluding hydrogens is 192 g/mol. The molecule has 1 fully saturated rings. The van der Waals surface area contributed by atoms with Crippen LogP contribution in [0.3, 0.4) is 0 Å². The summed E-state index contributed by atoms with van der Waals surface area (Å²) >= 11 is 0. The lowest BCUT2D eigenvalue weighted by Gasteiger charge is -2.31. The van der Waals surface area contributed by atoms with Gasteiger partial charge in [0.1, 0.15) is 0 Å². The van der Waals surface area contributed by atoms with Crippen LogP contribution >= 0.6 is 0 Å². The van der Waals surface area contributed by atoms with E-state index in [1.165, 1.54) is 12.8 Å². The fourth-order valence-electron chi connectivity index (χ4n) is 3.75. The molecule has 0 N–H and O–H groups in total. The maximum atomic E-state index is 2.48. The van der Waals surface area contributed by atoms with E-state index in [0.717, 1.165) is 23.7 Å². The molecule has 0 spiro atoms. The quantitative estimate of drug-likeness (QED) is 0.561. The van der Waals surface area contributed by atoms with Crippen LogP contribution in [0.1, 0.15) is 68.2 Å². The molecule has 0 aromatic carbocycles. The third-order valence-corrected chi connectivity index (χ3v) is 4.75. The van der Waals surface area contributed by atoms with Crippen LogP contribution in [-0.2, 0) is 0 Å². The Balaban J connectivity index is 2.72. The summed E-state index contributed by atoms with van der Waals surface area (Å²) in [7, 11) is 0. The van der Waals surface area contributed by atoms with Crippen molar-refractivity contribution in [2.75, 3.05) is 0 Å². The zero-order valence-corrected chi connectivity index (χ0v) is 12.7. The molecule has 16 heavy (non-hydrogen) atoms. The number of hydrogen-bond acceptors (Lipinski definition) is 0. The van der Waals surface area contributed by atoms with Gasteiger partial charge >= 0.3 is 0 Å². The fourth-order valence-corrected chi connectivity index (χ4v) is 3.75. The Morgan fingerprint density at radius 1 is 0.875 bits per heavy atom. The monoisotopic (exact) mass is 224 g/mol. The number of rotatable bonds is 1. The first kappa shape index (κ1) is 14.1. The standard InChI is InChI=1S/C16H32/c1-11-12(2)14(16(6,7)8)9-13(11)10-15(3,4)5/h11-14H,9-10H2,1-8H3/t11-,12?,13?,14?/m0/s1. The van der Waals surface area contributed by atoms with E-state index in [4.69, 9.17) is 0 Å². The molecule has 0 heteroatoms. The van der Waals surface area contributed by atoms with Crippen molar-refractivity contribution >= 4 is 0 Å². The van der Waals surface area contributed by atoms with Gasteiger partial charge in [0.15, 0.2) is 0 Å². The van der Waals surface area contributed by atoms with Crippen LogP contribution in [0.4, 0.5) is 0 Å². The molecule has 0 aromatic rings. The van der Waals surface area contributed by atoms with Gasteiger partial charge in [-0.25, -0.2) is 0 Å². The summed E-state index contributed by atoms with van der Waals surface area (Å²) in [4.78, 5) is 0. The van der Waals surface area contributed by atoms with Crippen molar-refractivity contribution in [1.82, 2.24) is 0 Å². The minimum absolute atomic E-state index is 0.486. The lowest BCUT2D eigenvalue weighted by Crippen LogP contribution is -2.23. The summed E-state index contributed by atoms with van der Waals surface area (Å²) in [6, 6.07) is 0. The van der Waals surface area contributed by atoms with Crippen LogP contribution in [0.5, 0.6) is 0 Å². The molecule has 96 valence electrons. The second-order valence-electron chi connectivity index (χ2n) is 8.45. The molecule has 1 saturated carbocycles. The first-order valence-electron chi connectivity index (χ1n) is 7.02. The summed E-state index contributed by atoms with van der Waals surface area (Å²) in [5.41, 5.74) is 0.978. The van der Waals surface area contributed by atoms with Gasteiger partial charge in [-0.2, -0.15) is 0 Å². The zero-order valence-electron chi connectivity index (χ0n) is 12.7. The van der Waals surface area contributed by atoms with E-state index >= 15 is 0 Å². The van der Waals surface area contributed by atoms with Crippen LogP contribution in [0.2, 0.25) is 0 Å². The lowest BCUT2D eigenvalue weighted by molar-refractivity contribution is 0.181. The van der Waals surface area contributed by atoms with Gasteiger partial charge in [0, 0.05) is 0 Å². The van der Waals surface area contributed by atoms with E-state index in [2.05, 4.69) is 55.4 Å². The molecule has 0 amide bonds. The van der Waals surface area contributed by atoms with Gasteiger partial charge in [0.25, 0.3) is 0 Å². The van der Waals surface area contributed by atoms with Gasteiger partial charge in [-0.3, -0.25) is 0 Å². The summed E-state index contributed by atoms with van der Waals surface area (Å²) in [5.74, 6) is 3.66. The van der Waals surface area contributed by atoms with Crippen LogP contribution in [-0.4, -0.2) is 0 Å². The normalized spacial score (nSPS) is 36.8. The molecule has 3 unspecified atom stereocenters. The van der Waals surface area contributed by atoms with E-state index in [9.17, 15) is 0 Å². The minimum atomic E-state index is 0.486. The van der Waals surface area contributed by atoms with Crippen molar-refractivity contribution in [2.24, 2.45) is 34.5 Å². The Hall–Kier alpha value is 0. The molecule has 0 radical (unpaired) electrons. The Labute approximate surface area is 103 Å². The third-order valence-electron chi connectivity index (χ3n) is 4.75. The Morgan fingerprint density at radius 3 is 1.69 bits per heavy atom. The highest BCUT2D eigenvalue weighted by atomic mass is 14.5. The minimum Gasteiger partial charge on any atom is -0.0620 e. The Morgan fingerprint density at radius 2 is 1.38 bits per heavy atom. The molecule has 1 rings (SSSR count). The molecule has 1 aliphatic rings. The predicted molar refractivity (Wildman–Crippen MR) is 73.5 cm³/mol. The summed E-state index contributed by atoms with van der Waals surface area (Å²) < 4.78 is 0. The second kappa shape index (κ2) is 4.35. The van der Waals surface area contributed by atoms with Gasteiger partial charge in [-0.05, 0) is 47.3 Å². The van der Waals surface area contributed by atoms with Crippen molar-refractivity contribution in [3.05, 3.63) is 0 Å². The lowest BCUT2D eigenvalue weighted by atomic mass is 9.74. The number of hydrogen-bond donors (Lipinski definition) is 0. The molecule has 4 atom stereocenters. The first-order valence-corrected chi connectivity index (χ1v) is 7.02.